The monoisotopic (exact) mass is 289 g/mol. The molecule has 7 heteroatoms. The van der Waals surface area contributed by atoms with Crippen LogP contribution in [-0.4, -0.2) is 33.7 Å². The molecule has 0 fully saturated rings. The van der Waals surface area contributed by atoms with E-state index in [0.29, 0.717) is 24.7 Å². The number of nitrogens with zero attached hydrogens (tertiary/aromatic N) is 3. The molecule has 0 saturated heterocycles. The molecule has 2 aromatic heterocycles. The normalized spacial score (nSPS) is 11.9. The van der Waals surface area contributed by atoms with Crippen molar-refractivity contribution in [3.63, 3.8) is 0 Å². The first-order chi connectivity index (χ1) is 10.2. The zero-order valence-electron chi connectivity index (χ0n) is 12.2. The van der Waals surface area contributed by atoms with E-state index < -0.39 is 0 Å². The van der Waals surface area contributed by atoms with Crippen LogP contribution in [0.1, 0.15) is 26.1 Å². The second-order valence-electron chi connectivity index (χ2n) is 4.71. The Morgan fingerprint density at radius 1 is 1.38 bits per heavy atom. The van der Waals surface area contributed by atoms with Crippen molar-refractivity contribution in [3.05, 3.63) is 30.4 Å². The summed E-state index contributed by atoms with van der Waals surface area (Å²) in [5.74, 6) is 1.02. The number of hydrogen-bond acceptors (Lipinski definition) is 5. The van der Waals surface area contributed by atoms with Gasteiger partial charge in [0.25, 0.3) is 5.89 Å². The third-order valence-corrected chi connectivity index (χ3v) is 3.02. The van der Waals surface area contributed by atoms with E-state index in [0.717, 1.165) is 12.0 Å². The van der Waals surface area contributed by atoms with Gasteiger partial charge in [0, 0.05) is 37.0 Å². The van der Waals surface area contributed by atoms with E-state index in [1.807, 2.05) is 13.8 Å². The van der Waals surface area contributed by atoms with Gasteiger partial charge >= 0.3 is 6.03 Å². The van der Waals surface area contributed by atoms with Crippen LogP contribution in [0.5, 0.6) is 0 Å². The topological polar surface area (TPSA) is 92.9 Å². The fourth-order valence-corrected chi connectivity index (χ4v) is 1.63. The van der Waals surface area contributed by atoms with Crippen LogP contribution in [-0.2, 0) is 6.42 Å². The van der Waals surface area contributed by atoms with Gasteiger partial charge in [-0.2, -0.15) is 4.98 Å². The standard InChI is InChI=1S/C14H19N5O2/c1-3-10(2)17-14(20)16-9-6-12-18-13(21-19-12)11-4-7-15-8-5-11/h4-5,7-8,10H,3,6,9H2,1-2H3,(H2,16,17,20). The first-order valence-electron chi connectivity index (χ1n) is 6.96. The lowest BCUT2D eigenvalue weighted by Gasteiger charge is -2.11. The molecule has 0 aromatic carbocycles. The molecule has 0 aliphatic rings. The van der Waals surface area contributed by atoms with E-state index in [1.165, 1.54) is 0 Å². The number of nitrogens with one attached hydrogen (secondary N) is 2. The molecule has 7 nitrogen and oxygen atoms in total. The average molecular weight is 289 g/mol. The van der Waals surface area contributed by atoms with E-state index in [1.54, 1.807) is 24.5 Å². The largest absolute Gasteiger partial charge is 0.338 e. The van der Waals surface area contributed by atoms with Gasteiger partial charge in [0.1, 0.15) is 0 Å². The summed E-state index contributed by atoms with van der Waals surface area (Å²) >= 11 is 0. The van der Waals surface area contributed by atoms with Crippen LogP contribution in [0, 0.1) is 0 Å². The summed E-state index contributed by atoms with van der Waals surface area (Å²) < 4.78 is 5.17. The summed E-state index contributed by atoms with van der Waals surface area (Å²) in [6.45, 7) is 4.43. The Morgan fingerprint density at radius 2 is 2.14 bits per heavy atom. The van der Waals surface area contributed by atoms with Crippen molar-refractivity contribution in [2.24, 2.45) is 0 Å². The summed E-state index contributed by atoms with van der Waals surface area (Å²) in [6, 6.07) is 3.58. The Kier molecular flexibility index (Phi) is 5.25. The molecule has 2 N–H and O–H groups in total. The molecule has 0 aliphatic carbocycles. The van der Waals surface area contributed by atoms with Gasteiger partial charge in [-0.25, -0.2) is 4.79 Å². The van der Waals surface area contributed by atoms with Gasteiger partial charge in [-0.3, -0.25) is 4.98 Å². The maximum absolute atomic E-state index is 11.5. The van der Waals surface area contributed by atoms with Crippen LogP contribution < -0.4 is 10.6 Å². The van der Waals surface area contributed by atoms with Crippen molar-refractivity contribution in [1.29, 1.82) is 0 Å². The van der Waals surface area contributed by atoms with Crippen molar-refractivity contribution < 1.29 is 9.32 Å². The van der Waals surface area contributed by atoms with Gasteiger partial charge in [-0.15, -0.1) is 0 Å². The van der Waals surface area contributed by atoms with Crippen LogP contribution in [0.2, 0.25) is 0 Å². The summed E-state index contributed by atoms with van der Waals surface area (Å²) in [4.78, 5) is 19.7. The molecule has 1 atom stereocenters. The first kappa shape index (κ1) is 15.0. The molecule has 1 unspecified atom stereocenters. The number of rotatable bonds is 6. The molecule has 0 saturated carbocycles. The van der Waals surface area contributed by atoms with E-state index in [2.05, 4.69) is 25.8 Å². The molecule has 112 valence electrons. The predicted octanol–water partition coefficient (Wildman–Crippen LogP) is 1.77. The molecule has 2 aromatic rings. The number of pyridine rings is 1. The summed E-state index contributed by atoms with van der Waals surface area (Å²) in [5, 5.41) is 9.48. The number of carbonyl (C=O) groups excluding carboxylic acids is 1. The summed E-state index contributed by atoms with van der Waals surface area (Å²) in [7, 11) is 0. The maximum Gasteiger partial charge on any atom is 0.315 e. The molecule has 2 amide bonds. The Balaban J connectivity index is 1.80. The molecule has 21 heavy (non-hydrogen) atoms. The average Bonchev–Trinajstić information content (AvgIpc) is 2.97. The van der Waals surface area contributed by atoms with Crippen molar-refractivity contribution in [2.45, 2.75) is 32.7 Å². The minimum atomic E-state index is -0.179. The van der Waals surface area contributed by atoms with Crippen LogP contribution in [0.15, 0.2) is 29.0 Å². The lowest BCUT2D eigenvalue weighted by atomic mass is 10.3. The number of hydrogen-bond donors (Lipinski definition) is 2. The molecule has 0 bridgehead atoms. The van der Waals surface area contributed by atoms with Crippen LogP contribution in [0.25, 0.3) is 11.5 Å². The quantitative estimate of drug-likeness (QED) is 0.845. The molecule has 2 heterocycles. The molecule has 2 rings (SSSR count). The van der Waals surface area contributed by atoms with Crippen molar-refractivity contribution in [2.75, 3.05) is 6.54 Å². The number of aromatic nitrogens is 3. The van der Waals surface area contributed by atoms with Gasteiger partial charge in [-0.05, 0) is 25.5 Å². The minimum absolute atomic E-state index is 0.161. The Labute approximate surface area is 123 Å². The molecular formula is C14H19N5O2. The Morgan fingerprint density at radius 3 is 2.86 bits per heavy atom. The third kappa shape index (κ3) is 4.55. The lowest BCUT2D eigenvalue weighted by Crippen LogP contribution is -2.41. The molecule has 0 aliphatic heterocycles. The van der Waals surface area contributed by atoms with Gasteiger partial charge < -0.3 is 15.2 Å². The molecule has 0 radical (unpaired) electrons. The van der Waals surface area contributed by atoms with Gasteiger partial charge in [-0.1, -0.05) is 12.1 Å². The molecular weight excluding hydrogens is 270 g/mol. The molecule has 0 spiro atoms. The number of amides is 2. The highest BCUT2D eigenvalue weighted by molar-refractivity contribution is 5.74. The van der Waals surface area contributed by atoms with Gasteiger partial charge in [0.05, 0.1) is 0 Å². The highest BCUT2D eigenvalue weighted by Crippen LogP contribution is 2.15. The fourth-order valence-electron chi connectivity index (χ4n) is 1.63. The third-order valence-electron chi connectivity index (χ3n) is 3.02. The highest BCUT2D eigenvalue weighted by atomic mass is 16.5. The number of urea groups is 1. The van der Waals surface area contributed by atoms with Crippen molar-refractivity contribution in [1.82, 2.24) is 25.8 Å². The van der Waals surface area contributed by atoms with Gasteiger partial charge in [0.15, 0.2) is 5.82 Å². The van der Waals surface area contributed by atoms with Crippen LogP contribution >= 0.6 is 0 Å². The van der Waals surface area contributed by atoms with Gasteiger partial charge in [0.2, 0.25) is 0 Å². The zero-order valence-corrected chi connectivity index (χ0v) is 12.2. The second kappa shape index (κ2) is 7.37. The summed E-state index contributed by atoms with van der Waals surface area (Å²) in [6.07, 6.45) is 4.75. The van der Waals surface area contributed by atoms with Crippen LogP contribution in [0.3, 0.4) is 0 Å². The van der Waals surface area contributed by atoms with Crippen molar-refractivity contribution in [3.8, 4) is 11.5 Å². The second-order valence-corrected chi connectivity index (χ2v) is 4.71. The van der Waals surface area contributed by atoms with Crippen LogP contribution in [0.4, 0.5) is 4.79 Å². The minimum Gasteiger partial charge on any atom is -0.338 e. The number of carbonyl (C=O) groups is 1. The van der Waals surface area contributed by atoms with Crippen molar-refractivity contribution >= 4 is 6.03 Å². The fraction of sp³-hybridized carbons (Fsp3) is 0.429. The Bertz CT molecular complexity index is 570. The Hall–Kier alpha value is -2.44. The van der Waals surface area contributed by atoms with E-state index in [4.69, 9.17) is 4.52 Å². The lowest BCUT2D eigenvalue weighted by molar-refractivity contribution is 0.237. The maximum atomic E-state index is 11.5. The van der Waals surface area contributed by atoms with E-state index in [9.17, 15) is 4.79 Å². The highest BCUT2D eigenvalue weighted by Gasteiger charge is 2.09. The smallest absolute Gasteiger partial charge is 0.315 e. The van der Waals surface area contributed by atoms with E-state index >= 15 is 0 Å². The summed E-state index contributed by atoms with van der Waals surface area (Å²) in [5.41, 5.74) is 0.825. The SMILES string of the molecule is CCC(C)NC(=O)NCCc1noc(-c2ccncc2)n1. The van der Waals surface area contributed by atoms with E-state index in [-0.39, 0.29) is 12.1 Å². The predicted molar refractivity (Wildman–Crippen MR) is 77.5 cm³/mol. The zero-order chi connectivity index (χ0) is 15.1. The first-order valence-corrected chi connectivity index (χ1v) is 6.96.